The van der Waals surface area contributed by atoms with Gasteiger partial charge in [0.25, 0.3) is 0 Å². The fourth-order valence-electron chi connectivity index (χ4n) is 2.57. The first kappa shape index (κ1) is 11.4. The molecule has 18 heavy (non-hydrogen) atoms. The average molecular weight is 246 g/mol. The molecule has 0 saturated carbocycles. The van der Waals surface area contributed by atoms with E-state index in [0.29, 0.717) is 6.04 Å². The zero-order valence-electron chi connectivity index (χ0n) is 10.6. The number of nitrogens with one attached hydrogen (secondary N) is 2. The molecule has 6 heteroatoms. The first-order valence-corrected chi connectivity index (χ1v) is 6.43. The molecular formula is C12H18N6. The van der Waals surface area contributed by atoms with Crippen LogP contribution in [-0.4, -0.2) is 36.6 Å². The minimum Gasteiger partial charge on any atom is -0.347 e. The van der Waals surface area contributed by atoms with Crippen LogP contribution in [-0.2, 0) is 6.54 Å². The van der Waals surface area contributed by atoms with Crippen LogP contribution in [0, 0.1) is 6.92 Å². The molecule has 0 aliphatic carbocycles. The molecule has 0 amide bonds. The first-order chi connectivity index (χ1) is 8.83. The van der Waals surface area contributed by atoms with Gasteiger partial charge in [-0.25, -0.2) is 9.97 Å². The third-order valence-corrected chi connectivity index (χ3v) is 3.45. The van der Waals surface area contributed by atoms with Gasteiger partial charge >= 0.3 is 0 Å². The van der Waals surface area contributed by atoms with Crippen molar-refractivity contribution in [2.45, 2.75) is 38.8 Å². The molecule has 0 radical (unpaired) electrons. The molecule has 0 spiro atoms. The van der Waals surface area contributed by atoms with Gasteiger partial charge in [-0.3, -0.25) is 10.00 Å². The average Bonchev–Trinajstić information content (AvgIpc) is 3.02. The molecule has 1 aliphatic rings. The molecule has 1 atom stereocenters. The third-order valence-electron chi connectivity index (χ3n) is 3.45. The summed E-state index contributed by atoms with van der Waals surface area (Å²) < 4.78 is 0. The van der Waals surface area contributed by atoms with Gasteiger partial charge in [-0.05, 0) is 26.3 Å². The van der Waals surface area contributed by atoms with Crippen molar-refractivity contribution in [3.05, 3.63) is 29.9 Å². The smallest absolute Gasteiger partial charge is 0.167 e. The summed E-state index contributed by atoms with van der Waals surface area (Å²) in [4.78, 5) is 14.1. The van der Waals surface area contributed by atoms with Crippen molar-refractivity contribution in [1.82, 2.24) is 30.0 Å². The molecule has 0 aromatic carbocycles. The van der Waals surface area contributed by atoms with Crippen molar-refractivity contribution in [3.63, 3.8) is 0 Å². The Labute approximate surface area is 106 Å². The Hall–Kier alpha value is -1.69. The summed E-state index contributed by atoms with van der Waals surface area (Å²) in [7, 11) is 0. The summed E-state index contributed by atoms with van der Waals surface area (Å²) in [6.45, 7) is 3.92. The highest BCUT2D eigenvalue weighted by molar-refractivity contribution is 5.01. The maximum absolute atomic E-state index is 4.48. The number of hydrogen-bond acceptors (Lipinski definition) is 4. The van der Waals surface area contributed by atoms with E-state index in [1.165, 1.54) is 12.8 Å². The fourth-order valence-corrected chi connectivity index (χ4v) is 2.57. The quantitative estimate of drug-likeness (QED) is 0.862. The monoisotopic (exact) mass is 246 g/mol. The van der Waals surface area contributed by atoms with E-state index < -0.39 is 0 Å². The number of imidazole rings is 1. The summed E-state index contributed by atoms with van der Waals surface area (Å²) in [5, 5.41) is 7.25. The number of rotatable bonds is 3. The molecule has 2 aromatic rings. The van der Waals surface area contributed by atoms with Crippen molar-refractivity contribution < 1.29 is 0 Å². The maximum atomic E-state index is 4.48. The predicted octanol–water partition coefficient (Wildman–Crippen LogP) is 1.56. The molecule has 1 aliphatic heterocycles. The van der Waals surface area contributed by atoms with Crippen LogP contribution in [0.4, 0.5) is 0 Å². The lowest BCUT2D eigenvalue weighted by Gasteiger charge is -2.33. The lowest BCUT2D eigenvalue weighted by molar-refractivity contribution is 0.132. The van der Waals surface area contributed by atoms with Gasteiger partial charge in [0.1, 0.15) is 5.82 Å². The number of hydrogen-bond donors (Lipinski definition) is 2. The van der Waals surface area contributed by atoms with Crippen molar-refractivity contribution in [1.29, 1.82) is 0 Å². The van der Waals surface area contributed by atoms with Gasteiger partial charge in [0.15, 0.2) is 5.82 Å². The number of piperidine rings is 1. The van der Waals surface area contributed by atoms with Crippen LogP contribution in [0.5, 0.6) is 0 Å². The summed E-state index contributed by atoms with van der Waals surface area (Å²) in [5.74, 6) is 1.81. The summed E-state index contributed by atoms with van der Waals surface area (Å²) in [6.07, 6.45) is 7.23. The molecule has 0 bridgehead atoms. The molecule has 3 heterocycles. The molecule has 1 fully saturated rings. The normalized spacial score (nSPS) is 21.3. The van der Waals surface area contributed by atoms with Crippen molar-refractivity contribution in [2.24, 2.45) is 0 Å². The van der Waals surface area contributed by atoms with Gasteiger partial charge < -0.3 is 4.98 Å². The zero-order chi connectivity index (χ0) is 12.4. The second-order valence-electron chi connectivity index (χ2n) is 4.84. The highest BCUT2D eigenvalue weighted by Crippen LogP contribution is 2.29. The SMILES string of the molecule is Cc1nc([C@H]2CCCCN2Cc2cnc[nH]2)n[nH]1. The Morgan fingerprint density at radius 3 is 3.11 bits per heavy atom. The zero-order valence-corrected chi connectivity index (χ0v) is 10.6. The largest absolute Gasteiger partial charge is 0.347 e. The van der Waals surface area contributed by atoms with Gasteiger partial charge in [-0.2, -0.15) is 5.10 Å². The van der Waals surface area contributed by atoms with Crippen LogP contribution in [0.1, 0.15) is 42.6 Å². The van der Waals surface area contributed by atoms with Gasteiger partial charge in [0, 0.05) is 18.4 Å². The minimum absolute atomic E-state index is 0.326. The van der Waals surface area contributed by atoms with Crippen LogP contribution in [0.15, 0.2) is 12.5 Å². The van der Waals surface area contributed by atoms with Crippen molar-refractivity contribution in [2.75, 3.05) is 6.54 Å². The second-order valence-corrected chi connectivity index (χ2v) is 4.84. The van der Waals surface area contributed by atoms with E-state index in [9.17, 15) is 0 Å². The third kappa shape index (κ3) is 2.28. The van der Waals surface area contributed by atoms with E-state index in [1.807, 2.05) is 13.1 Å². The number of aromatic amines is 2. The molecule has 0 unspecified atom stereocenters. The highest BCUT2D eigenvalue weighted by atomic mass is 15.3. The standard InChI is InChI=1S/C12H18N6/c1-9-15-12(17-16-9)11-4-2-3-5-18(11)7-10-6-13-8-14-10/h6,8,11H,2-5,7H2,1H3,(H,13,14)(H,15,16,17)/t11-/m1/s1. The molecule has 96 valence electrons. The van der Waals surface area contributed by atoms with Crippen LogP contribution in [0.25, 0.3) is 0 Å². The summed E-state index contributed by atoms with van der Waals surface area (Å²) in [5.41, 5.74) is 1.15. The van der Waals surface area contributed by atoms with Crippen LogP contribution < -0.4 is 0 Å². The lowest BCUT2D eigenvalue weighted by atomic mass is 10.0. The van der Waals surface area contributed by atoms with E-state index in [1.54, 1.807) is 6.33 Å². The number of likely N-dealkylation sites (tertiary alicyclic amines) is 1. The van der Waals surface area contributed by atoms with E-state index >= 15 is 0 Å². The minimum atomic E-state index is 0.326. The first-order valence-electron chi connectivity index (χ1n) is 6.43. The number of aromatic nitrogens is 5. The molecular weight excluding hydrogens is 228 g/mol. The van der Waals surface area contributed by atoms with E-state index in [0.717, 1.165) is 36.9 Å². The van der Waals surface area contributed by atoms with Gasteiger partial charge in [0.05, 0.1) is 12.4 Å². The van der Waals surface area contributed by atoms with Crippen molar-refractivity contribution in [3.8, 4) is 0 Å². The van der Waals surface area contributed by atoms with Crippen LogP contribution >= 0.6 is 0 Å². The Kier molecular flexibility index (Phi) is 3.10. The Balaban J connectivity index is 1.77. The number of nitrogens with zero attached hydrogens (tertiary/aromatic N) is 4. The summed E-state index contributed by atoms with van der Waals surface area (Å²) >= 11 is 0. The van der Waals surface area contributed by atoms with Crippen LogP contribution in [0.3, 0.4) is 0 Å². The molecule has 2 aromatic heterocycles. The predicted molar refractivity (Wildman–Crippen MR) is 66.7 cm³/mol. The van der Waals surface area contributed by atoms with E-state index in [2.05, 4.69) is 30.0 Å². The van der Waals surface area contributed by atoms with Gasteiger partial charge in [-0.15, -0.1) is 0 Å². The maximum Gasteiger partial charge on any atom is 0.167 e. The second kappa shape index (κ2) is 4.89. The van der Waals surface area contributed by atoms with Gasteiger partial charge in [0.2, 0.25) is 0 Å². The topological polar surface area (TPSA) is 73.5 Å². The number of aryl methyl sites for hydroxylation is 1. The Morgan fingerprint density at radius 2 is 2.39 bits per heavy atom. The molecule has 3 rings (SSSR count). The Morgan fingerprint density at radius 1 is 1.44 bits per heavy atom. The highest BCUT2D eigenvalue weighted by Gasteiger charge is 2.27. The number of H-pyrrole nitrogens is 2. The van der Waals surface area contributed by atoms with E-state index in [4.69, 9.17) is 0 Å². The fraction of sp³-hybridized carbons (Fsp3) is 0.583. The molecule has 6 nitrogen and oxygen atoms in total. The Bertz CT molecular complexity index is 488. The van der Waals surface area contributed by atoms with Gasteiger partial charge in [-0.1, -0.05) is 6.42 Å². The van der Waals surface area contributed by atoms with E-state index in [-0.39, 0.29) is 0 Å². The lowest BCUT2D eigenvalue weighted by Crippen LogP contribution is -2.33. The summed E-state index contributed by atoms with van der Waals surface area (Å²) in [6, 6.07) is 0.326. The van der Waals surface area contributed by atoms with Crippen LogP contribution in [0.2, 0.25) is 0 Å². The molecule has 1 saturated heterocycles. The molecule has 2 N–H and O–H groups in total. The van der Waals surface area contributed by atoms with Crippen molar-refractivity contribution >= 4 is 0 Å².